The van der Waals surface area contributed by atoms with Crippen molar-refractivity contribution in [2.24, 2.45) is 5.92 Å². The topological polar surface area (TPSA) is 52.6 Å². The number of phenolic OH excluding ortho intramolecular Hbond substituents is 1. The standard InChI is InChI=1S/C15H20N2O2/c1-10-12(5-2-6-14(10)18)15(19)17-7-3-4-11-8-16-9-13(11)17/h2,5-6,11,13,16,18H,3-4,7-9H2,1H3. The van der Waals surface area contributed by atoms with Crippen LogP contribution in [0.2, 0.25) is 0 Å². The zero-order valence-electron chi connectivity index (χ0n) is 11.2. The zero-order valence-corrected chi connectivity index (χ0v) is 11.2. The fourth-order valence-corrected chi connectivity index (χ4v) is 3.33. The molecule has 2 saturated heterocycles. The number of piperidine rings is 1. The highest BCUT2D eigenvalue weighted by molar-refractivity contribution is 5.96. The fourth-order valence-electron chi connectivity index (χ4n) is 3.33. The highest BCUT2D eigenvalue weighted by Gasteiger charge is 2.37. The SMILES string of the molecule is Cc1c(O)cccc1C(=O)N1CCCC2CNCC21. The molecule has 0 aliphatic carbocycles. The monoisotopic (exact) mass is 260 g/mol. The number of nitrogens with zero attached hydrogens (tertiary/aromatic N) is 1. The first-order valence-corrected chi connectivity index (χ1v) is 6.98. The maximum Gasteiger partial charge on any atom is 0.254 e. The minimum atomic E-state index is 0.0619. The average molecular weight is 260 g/mol. The molecule has 1 aromatic rings. The van der Waals surface area contributed by atoms with E-state index in [1.165, 1.54) is 6.42 Å². The van der Waals surface area contributed by atoms with Crippen LogP contribution in [0.1, 0.15) is 28.8 Å². The van der Waals surface area contributed by atoms with E-state index in [0.717, 1.165) is 26.1 Å². The van der Waals surface area contributed by atoms with Gasteiger partial charge in [0.05, 0.1) is 0 Å². The lowest BCUT2D eigenvalue weighted by molar-refractivity contribution is 0.0573. The van der Waals surface area contributed by atoms with Gasteiger partial charge in [-0.25, -0.2) is 0 Å². The summed E-state index contributed by atoms with van der Waals surface area (Å²) in [5.41, 5.74) is 1.31. The number of amides is 1. The summed E-state index contributed by atoms with van der Waals surface area (Å²) in [6, 6.07) is 5.50. The Kier molecular flexibility index (Phi) is 3.19. The number of nitrogens with one attached hydrogen (secondary N) is 1. The van der Waals surface area contributed by atoms with Crippen molar-refractivity contribution >= 4 is 5.91 Å². The van der Waals surface area contributed by atoms with Gasteiger partial charge in [0.1, 0.15) is 5.75 Å². The number of hydrogen-bond donors (Lipinski definition) is 2. The molecule has 0 radical (unpaired) electrons. The van der Waals surface area contributed by atoms with E-state index in [4.69, 9.17) is 0 Å². The van der Waals surface area contributed by atoms with Crippen LogP contribution in [-0.4, -0.2) is 41.6 Å². The minimum absolute atomic E-state index is 0.0619. The molecule has 19 heavy (non-hydrogen) atoms. The first-order valence-electron chi connectivity index (χ1n) is 6.98. The van der Waals surface area contributed by atoms with Gasteiger partial charge in [0, 0.05) is 36.8 Å². The van der Waals surface area contributed by atoms with E-state index in [0.29, 0.717) is 23.1 Å². The highest BCUT2D eigenvalue weighted by atomic mass is 16.3. The molecule has 102 valence electrons. The van der Waals surface area contributed by atoms with Gasteiger partial charge in [-0.15, -0.1) is 0 Å². The molecule has 2 aliphatic rings. The molecule has 1 aromatic carbocycles. The second-order valence-electron chi connectivity index (χ2n) is 5.58. The molecule has 2 heterocycles. The van der Waals surface area contributed by atoms with Crippen molar-refractivity contribution in [3.63, 3.8) is 0 Å². The van der Waals surface area contributed by atoms with E-state index in [1.54, 1.807) is 19.1 Å². The van der Waals surface area contributed by atoms with Crippen molar-refractivity contribution in [2.75, 3.05) is 19.6 Å². The molecule has 2 fully saturated rings. The maximum absolute atomic E-state index is 12.7. The van der Waals surface area contributed by atoms with Gasteiger partial charge in [0.25, 0.3) is 5.91 Å². The Labute approximate surface area is 113 Å². The van der Waals surface area contributed by atoms with E-state index >= 15 is 0 Å². The zero-order chi connectivity index (χ0) is 13.4. The number of rotatable bonds is 1. The summed E-state index contributed by atoms with van der Waals surface area (Å²) in [6.07, 6.45) is 2.28. The van der Waals surface area contributed by atoms with Gasteiger partial charge >= 0.3 is 0 Å². The van der Waals surface area contributed by atoms with Gasteiger partial charge in [-0.1, -0.05) is 6.07 Å². The Morgan fingerprint density at radius 3 is 3.11 bits per heavy atom. The summed E-state index contributed by atoms with van der Waals surface area (Å²) in [5, 5.41) is 13.1. The van der Waals surface area contributed by atoms with Crippen molar-refractivity contribution in [3.8, 4) is 5.75 Å². The fraction of sp³-hybridized carbons (Fsp3) is 0.533. The maximum atomic E-state index is 12.7. The van der Waals surface area contributed by atoms with Crippen LogP contribution < -0.4 is 5.32 Å². The Balaban J connectivity index is 1.88. The molecule has 0 aromatic heterocycles. The predicted octanol–water partition coefficient (Wildman–Crippen LogP) is 1.52. The van der Waals surface area contributed by atoms with Crippen LogP contribution in [0.4, 0.5) is 0 Å². The van der Waals surface area contributed by atoms with E-state index < -0.39 is 0 Å². The van der Waals surface area contributed by atoms with Gasteiger partial charge in [-0.2, -0.15) is 0 Å². The highest BCUT2D eigenvalue weighted by Crippen LogP contribution is 2.29. The van der Waals surface area contributed by atoms with Crippen LogP contribution in [0.5, 0.6) is 5.75 Å². The van der Waals surface area contributed by atoms with Crippen molar-refractivity contribution in [1.82, 2.24) is 10.2 Å². The molecule has 2 atom stereocenters. The molecule has 0 bridgehead atoms. The lowest BCUT2D eigenvalue weighted by Crippen LogP contribution is -2.48. The third-order valence-electron chi connectivity index (χ3n) is 4.47. The molecule has 2 aliphatic heterocycles. The summed E-state index contributed by atoms with van der Waals surface area (Å²) < 4.78 is 0. The molecule has 4 nitrogen and oxygen atoms in total. The van der Waals surface area contributed by atoms with Crippen LogP contribution in [0.3, 0.4) is 0 Å². The number of phenols is 1. The van der Waals surface area contributed by atoms with E-state index in [2.05, 4.69) is 5.32 Å². The van der Waals surface area contributed by atoms with Crippen molar-refractivity contribution in [3.05, 3.63) is 29.3 Å². The minimum Gasteiger partial charge on any atom is -0.508 e. The van der Waals surface area contributed by atoms with Crippen molar-refractivity contribution in [1.29, 1.82) is 0 Å². The largest absolute Gasteiger partial charge is 0.508 e. The van der Waals surface area contributed by atoms with Gasteiger partial charge in [-0.05, 0) is 37.8 Å². The smallest absolute Gasteiger partial charge is 0.254 e. The van der Waals surface area contributed by atoms with E-state index in [-0.39, 0.29) is 11.7 Å². The second kappa shape index (κ2) is 4.85. The molecule has 2 unspecified atom stereocenters. The van der Waals surface area contributed by atoms with Crippen LogP contribution in [-0.2, 0) is 0 Å². The Morgan fingerprint density at radius 1 is 1.42 bits per heavy atom. The van der Waals surface area contributed by atoms with Crippen LogP contribution in [0.15, 0.2) is 18.2 Å². The van der Waals surface area contributed by atoms with Gasteiger partial charge < -0.3 is 15.3 Å². The van der Waals surface area contributed by atoms with Crippen LogP contribution >= 0.6 is 0 Å². The van der Waals surface area contributed by atoms with Crippen molar-refractivity contribution < 1.29 is 9.90 Å². The Hall–Kier alpha value is -1.55. The number of carbonyl (C=O) groups is 1. The lowest BCUT2D eigenvalue weighted by Gasteiger charge is -2.37. The van der Waals surface area contributed by atoms with Gasteiger partial charge in [0.15, 0.2) is 0 Å². The molecular formula is C15H20N2O2. The molecular weight excluding hydrogens is 240 g/mol. The summed E-state index contributed by atoms with van der Waals surface area (Å²) in [4.78, 5) is 14.7. The van der Waals surface area contributed by atoms with Crippen molar-refractivity contribution in [2.45, 2.75) is 25.8 Å². The number of hydrogen-bond acceptors (Lipinski definition) is 3. The lowest BCUT2D eigenvalue weighted by atomic mass is 9.91. The molecule has 3 rings (SSSR count). The Bertz CT molecular complexity index is 501. The summed E-state index contributed by atoms with van der Waals surface area (Å²) in [7, 11) is 0. The number of benzene rings is 1. The molecule has 0 saturated carbocycles. The third kappa shape index (κ3) is 2.10. The number of aromatic hydroxyl groups is 1. The number of likely N-dealkylation sites (tertiary alicyclic amines) is 1. The van der Waals surface area contributed by atoms with Crippen LogP contribution in [0.25, 0.3) is 0 Å². The quantitative estimate of drug-likeness (QED) is 0.805. The van der Waals surface area contributed by atoms with Gasteiger partial charge in [0.2, 0.25) is 0 Å². The summed E-state index contributed by atoms with van der Waals surface area (Å²) in [5.74, 6) is 0.853. The molecule has 1 amide bonds. The second-order valence-corrected chi connectivity index (χ2v) is 5.58. The normalized spacial score (nSPS) is 26.3. The average Bonchev–Trinajstić information content (AvgIpc) is 2.89. The number of carbonyl (C=O) groups excluding carboxylic acids is 1. The summed E-state index contributed by atoms with van der Waals surface area (Å²) >= 11 is 0. The van der Waals surface area contributed by atoms with Gasteiger partial charge in [-0.3, -0.25) is 4.79 Å². The van der Waals surface area contributed by atoms with E-state index in [9.17, 15) is 9.90 Å². The van der Waals surface area contributed by atoms with E-state index in [1.807, 2.05) is 11.0 Å². The summed E-state index contributed by atoms with van der Waals surface area (Å²) in [6.45, 7) is 4.55. The number of fused-ring (bicyclic) bond motifs is 1. The predicted molar refractivity (Wildman–Crippen MR) is 73.3 cm³/mol. The Morgan fingerprint density at radius 2 is 2.26 bits per heavy atom. The van der Waals surface area contributed by atoms with Crippen LogP contribution in [0, 0.1) is 12.8 Å². The first-order chi connectivity index (χ1) is 9.18. The molecule has 0 spiro atoms. The molecule has 4 heteroatoms. The molecule has 2 N–H and O–H groups in total. The third-order valence-corrected chi connectivity index (χ3v) is 4.47. The first kappa shape index (κ1) is 12.5.